The summed E-state index contributed by atoms with van der Waals surface area (Å²) in [5.41, 5.74) is 2.65. The lowest BCUT2D eigenvalue weighted by Crippen LogP contribution is -2.51. The smallest absolute Gasteiger partial charge is 0.326 e. The van der Waals surface area contributed by atoms with Crippen molar-refractivity contribution in [3.05, 3.63) is 108 Å². The lowest BCUT2D eigenvalue weighted by Gasteiger charge is -2.40. The predicted molar refractivity (Wildman–Crippen MR) is 156 cm³/mol. The number of carbonyl (C=O) groups excluding carboxylic acids is 2. The first-order valence-corrected chi connectivity index (χ1v) is 14.6. The van der Waals surface area contributed by atoms with Crippen molar-refractivity contribution < 1.29 is 24.6 Å². The lowest BCUT2D eigenvalue weighted by atomic mass is 9.79. The van der Waals surface area contributed by atoms with Gasteiger partial charge in [-0.1, -0.05) is 110 Å². The molecule has 1 aliphatic carbocycles. The molecule has 3 aromatic carbocycles. The van der Waals surface area contributed by atoms with Gasteiger partial charge >= 0.3 is 5.97 Å². The van der Waals surface area contributed by atoms with E-state index in [1.54, 1.807) is 4.90 Å². The zero-order valence-electron chi connectivity index (χ0n) is 23.2. The van der Waals surface area contributed by atoms with Crippen LogP contribution in [0.1, 0.15) is 54.7 Å². The number of hydrogen-bond donors (Lipinski definition) is 2. The average Bonchev–Trinajstić information content (AvgIpc) is 3.42. The molecule has 0 radical (unpaired) electrons. The highest BCUT2D eigenvalue weighted by molar-refractivity contribution is 5.91. The van der Waals surface area contributed by atoms with Gasteiger partial charge in [0.25, 0.3) is 0 Å². The van der Waals surface area contributed by atoms with Gasteiger partial charge in [0, 0.05) is 19.0 Å². The summed E-state index contributed by atoms with van der Waals surface area (Å²) in [5, 5.41) is 20.3. The van der Waals surface area contributed by atoms with E-state index in [0.717, 1.165) is 36.0 Å². The summed E-state index contributed by atoms with van der Waals surface area (Å²) in [7, 11) is 0. The molecule has 1 saturated carbocycles. The monoisotopic (exact) mass is 554 g/mol. The standard InChI is InChI=1S/C34H38N2O5/c37-23-31(38)36(28(20-25-13-10-14-25)19-24-11-4-1-5-12-24)29-21-30(34(40)41)35(22-29)33(39)32(26-15-6-2-7-16-26)27-17-8-3-9-18-27/h1-9,11-12,15-18,25,28-30,32,37H,10,13-14,19-23H2,(H,40,41)/t28-,29-,30-/m0/s1. The second kappa shape index (κ2) is 13.1. The number of rotatable bonds is 11. The van der Waals surface area contributed by atoms with Gasteiger partial charge in [0.2, 0.25) is 11.8 Å². The molecule has 2 aliphatic rings. The van der Waals surface area contributed by atoms with E-state index >= 15 is 0 Å². The molecule has 1 saturated heterocycles. The molecule has 3 aromatic rings. The van der Waals surface area contributed by atoms with E-state index in [2.05, 4.69) is 0 Å². The van der Waals surface area contributed by atoms with E-state index in [0.29, 0.717) is 12.3 Å². The van der Waals surface area contributed by atoms with E-state index in [9.17, 15) is 24.6 Å². The third-order valence-electron chi connectivity index (χ3n) is 8.71. The second-order valence-electron chi connectivity index (χ2n) is 11.3. The molecule has 7 heteroatoms. The highest BCUT2D eigenvalue weighted by Gasteiger charge is 2.46. The first-order valence-electron chi connectivity index (χ1n) is 14.6. The summed E-state index contributed by atoms with van der Waals surface area (Å²) in [4.78, 5) is 43.4. The highest BCUT2D eigenvalue weighted by Crippen LogP contribution is 2.36. The maximum atomic E-state index is 14.3. The molecule has 0 unspecified atom stereocenters. The number of likely N-dealkylation sites (tertiary alicyclic amines) is 1. The lowest BCUT2D eigenvalue weighted by molar-refractivity contribution is -0.148. The molecule has 0 aromatic heterocycles. The van der Waals surface area contributed by atoms with Crippen LogP contribution < -0.4 is 0 Å². The number of carbonyl (C=O) groups is 3. The Hall–Kier alpha value is -3.97. The summed E-state index contributed by atoms with van der Waals surface area (Å²) in [6, 6.07) is 27.0. The van der Waals surface area contributed by atoms with Crippen molar-refractivity contribution in [2.45, 2.75) is 62.6 Å². The van der Waals surface area contributed by atoms with Gasteiger partial charge in [-0.15, -0.1) is 0 Å². The van der Waals surface area contributed by atoms with E-state index < -0.39 is 36.5 Å². The van der Waals surface area contributed by atoms with Gasteiger partial charge in [-0.3, -0.25) is 9.59 Å². The quantitative estimate of drug-likeness (QED) is 0.364. The Morgan fingerprint density at radius 1 is 0.854 bits per heavy atom. The molecule has 2 N–H and O–H groups in total. The summed E-state index contributed by atoms with van der Waals surface area (Å²) in [5.74, 6) is -1.98. The van der Waals surface area contributed by atoms with Crippen LogP contribution >= 0.6 is 0 Å². The Bertz CT molecular complexity index is 1270. The SMILES string of the molecule is O=C(O)[C@@H]1C[C@H](N(C(=O)CO)[C@@H](Cc2ccccc2)CC2CCC2)CN1C(=O)C(c1ccccc1)c1ccccc1. The Balaban J connectivity index is 1.47. The number of carboxylic acid groups (broad SMARTS) is 1. The van der Waals surface area contributed by atoms with Gasteiger partial charge in [-0.25, -0.2) is 4.79 Å². The number of aliphatic carboxylic acids is 1. The number of aliphatic hydroxyl groups is 1. The van der Waals surface area contributed by atoms with E-state index in [1.165, 1.54) is 11.3 Å². The van der Waals surface area contributed by atoms with Crippen LogP contribution in [-0.2, 0) is 20.8 Å². The van der Waals surface area contributed by atoms with Crippen LogP contribution in [0.15, 0.2) is 91.0 Å². The summed E-state index contributed by atoms with van der Waals surface area (Å²) in [6.45, 7) is -0.553. The fraction of sp³-hybridized carbons (Fsp3) is 0.382. The van der Waals surface area contributed by atoms with Gasteiger partial charge in [-0.2, -0.15) is 0 Å². The molecule has 5 rings (SSSR count). The number of benzene rings is 3. The zero-order valence-corrected chi connectivity index (χ0v) is 23.2. The molecular formula is C34H38N2O5. The number of amides is 2. The van der Waals surface area contributed by atoms with Crippen LogP contribution in [0.4, 0.5) is 0 Å². The maximum Gasteiger partial charge on any atom is 0.326 e. The summed E-state index contributed by atoms with van der Waals surface area (Å²) < 4.78 is 0. The molecule has 7 nitrogen and oxygen atoms in total. The predicted octanol–water partition coefficient (Wildman–Crippen LogP) is 4.50. The Morgan fingerprint density at radius 2 is 1.41 bits per heavy atom. The molecular weight excluding hydrogens is 516 g/mol. The molecule has 214 valence electrons. The average molecular weight is 555 g/mol. The minimum absolute atomic E-state index is 0.105. The largest absolute Gasteiger partial charge is 0.480 e. The Kier molecular flexibility index (Phi) is 9.14. The van der Waals surface area contributed by atoms with E-state index in [-0.39, 0.29) is 24.9 Å². The fourth-order valence-corrected chi connectivity index (χ4v) is 6.51. The van der Waals surface area contributed by atoms with Crippen molar-refractivity contribution >= 4 is 17.8 Å². The molecule has 41 heavy (non-hydrogen) atoms. The first-order chi connectivity index (χ1) is 20.0. The van der Waals surface area contributed by atoms with Crippen molar-refractivity contribution in [3.8, 4) is 0 Å². The Labute approximate surface area is 241 Å². The molecule has 3 atom stereocenters. The van der Waals surface area contributed by atoms with Crippen molar-refractivity contribution in [1.82, 2.24) is 9.80 Å². The van der Waals surface area contributed by atoms with Crippen LogP contribution in [-0.4, -0.2) is 69.1 Å². The molecule has 2 fully saturated rings. The second-order valence-corrected chi connectivity index (χ2v) is 11.3. The molecule has 1 aliphatic heterocycles. The number of hydrogen-bond acceptors (Lipinski definition) is 4. The van der Waals surface area contributed by atoms with Crippen molar-refractivity contribution in [3.63, 3.8) is 0 Å². The number of aliphatic hydroxyl groups excluding tert-OH is 1. The van der Waals surface area contributed by atoms with E-state index in [4.69, 9.17) is 0 Å². The first kappa shape index (κ1) is 28.6. The third kappa shape index (κ3) is 6.51. The van der Waals surface area contributed by atoms with Crippen LogP contribution in [0, 0.1) is 5.92 Å². The van der Waals surface area contributed by atoms with Gasteiger partial charge in [-0.05, 0) is 35.4 Å². The maximum absolute atomic E-state index is 14.3. The minimum Gasteiger partial charge on any atom is -0.480 e. The van der Waals surface area contributed by atoms with E-state index in [1.807, 2.05) is 91.0 Å². The van der Waals surface area contributed by atoms with Gasteiger partial charge in [0.1, 0.15) is 12.6 Å². The minimum atomic E-state index is -1.09. The van der Waals surface area contributed by atoms with Crippen LogP contribution in [0.5, 0.6) is 0 Å². The fourth-order valence-electron chi connectivity index (χ4n) is 6.51. The highest BCUT2D eigenvalue weighted by atomic mass is 16.4. The Morgan fingerprint density at radius 3 is 1.90 bits per heavy atom. The topological polar surface area (TPSA) is 98.2 Å². The zero-order chi connectivity index (χ0) is 28.8. The molecule has 0 bridgehead atoms. The molecule has 2 amide bonds. The normalized spacial score (nSPS) is 19.5. The summed E-state index contributed by atoms with van der Waals surface area (Å²) in [6.07, 6.45) is 4.91. The number of carboxylic acids is 1. The van der Waals surface area contributed by atoms with Crippen molar-refractivity contribution in [2.75, 3.05) is 13.2 Å². The number of nitrogens with zero attached hydrogens (tertiary/aromatic N) is 2. The van der Waals surface area contributed by atoms with Crippen molar-refractivity contribution in [2.24, 2.45) is 5.92 Å². The van der Waals surface area contributed by atoms with Crippen LogP contribution in [0.25, 0.3) is 0 Å². The van der Waals surface area contributed by atoms with Crippen molar-refractivity contribution in [1.29, 1.82) is 0 Å². The van der Waals surface area contributed by atoms with Gasteiger partial charge < -0.3 is 20.0 Å². The van der Waals surface area contributed by atoms with Crippen LogP contribution in [0.3, 0.4) is 0 Å². The molecule has 1 heterocycles. The van der Waals surface area contributed by atoms with Gasteiger partial charge in [0.15, 0.2) is 0 Å². The molecule has 0 spiro atoms. The third-order valence-corrected chi connectivity index (χ3v) is 8.71. The van der Waals surface area contributed by atoms with Crippen LogP contribution in [0.2, 0.25) is 0 Å². The summed E-state index contributed by atoms with van der Waals surface area (Å²) >= 11 is 0. The van der Waals surface area contributed by atoms with Gasteiger partial charge in [0.05, 0.1) is 12.0 Å².